The molecule has 3 rings (SSSR count). The van der Waals surface area contributed by atoms with Gasteiger partial charge in [0.05, 0.1) is 6.10 Å². The van der Waals surface area contributed by atoms with Gasteiger partial charge in [-0.2, -0.15) is 0 Å². The fourth-order valence-electron chi connectivity index (χ4n) is 2.92. The van der Waals surface area contributed by atoms with Crippen molar-refractivity contribution in [2.75, 3.05) is 19.7 Å². The standard InChI is InChI=1S/C18H24ClNO2/c1-13-10-14(4-6-17(13)19)5-7-18(21)20-9-8-16(11-20)22-12-15-2-3-15/h4,6,10,15-16H,2-3,5,7-9,11-12H2,1H3/t16-/m0/s1. The lowest BCUT2D eigenvalue weighted by atomic mass is 10.1. The molecule has 1 heterocycles. The molecule has 0 aromatic heterocycles. The second-order valence-electron chi connectivity index (χ2n) is 6.61. The van der Waals surface area contributed by atoms with Crippen molar-refractivity contribution in [3.63, 3.8) is 0 Å². The number of hydrogen-bond donors (Lipinski definition) is 0. The molecule has 1 aromatic rings. The van der Waals surface area contributed by atoms with E-state index in [1.165, 1.54) is 18.4 Å². The van der Waals surface area contributed by atoms with Gasteiger partial charge < -0.3 is 9.64 Å². The molecule has 1 amide bonds. The second-order valence-corrected chi connectivity index (χ2v) is 7.02. The average Bonchev–Trinajstić information content (AvgIpc) is 3.22. The molecule has 1 saturated carbocycles. The summed E-state index contributed by atoms with van der Waals surface area (Å²) in [6, 6.07) is 5.99. The molecule has 0 spiro atoms. The smallest absolute Gasteiger partial charge is 0.222 e. The largest absolute Gasteiger partial charge is 0.376 e. The SMILES string of the molecule is Cc1cc(CCC(=O)N2CC[C@H](OCC3CC3)C2)ccc1Cl. The number of rotatable bonds is 6. The number of halogens is 1. The summed E-state index contributed by atoms with van der Waals surface area (Å²) in [6.45, 7) is 4.49. The molecule has 1 saturated heterocycles. The van der Waals surface area contributed by atoms with Crippen molar-refractivity contribution < 1.29 is 9.53 Å². The van der Waals surface area contributed by atoms with Gasteiger partial charge in [0.2, 0.25) is 5.91 Å². The first-order valence-corrected chi connectivity index (χ1v) is 8.64. The van der Waals surface area contributed by atoms with Crippen LogP contribution < -0.4 is 0 Å². The molecule has 0 N–H and O–H groups in total. The lowest BCUT2D eigenvalue weighted by Gasteiger charge is -2.17. The molecule has 1 aliphatic carbocycles. The Bertz CT molecular complexity index is 542. The molecule has 120 valence electrons. The van der Waals surface area contributed by atoms with Crippen molar-refractivity contribution >= 4 is 17.5 Å². The van der Waals surface area contributed by atoms with Gasteiger partial charge in [-0.05, 0) is 55.7 Å². The highest BCUT2D eigenvalue weighted by Crippen LogP contribution is 2.30. The lowest BCUT2D eigenvalue weighted by molar-refractivity contribution is -0.130. The van der Waals surface area contributed by atoms with Crippen LogP contribution in [-0.2, 0) is 16.0 Å². The molecule has 0 unspecified atom stereocenters. The summed E-state index contributed by atoms with van der Waals surface area (Å²) in [4.78, 5) is 14.3. The highest BCUT2D eigenvalue weighted by molar-refractivity contribution is 6.31. The number of amides is 1. The predicted molar refractivity (Wildman–Crippen MR) is 88.2 cm³/mol. The van der Waals surface area contributed by atoms with E-state index in [4.69, 9.17) is 16.3 Å². The normalized spacial score (nSPS) is 21.4. The highest BCUT2D eigenvalue weighted by Gasteiger charge is 2.29. The van der Waals surface area contributed by atoms with Crippen molar-refractivity contribution in [3.8, 4) is 0 Å². The van der Waals surface area contributed by atoms with Crippen LogP contribution in [0.4, 0.5) is 0 Å². The van der Waals surface area contributed by atoms with Gasteiger partial charge in [0, 0.05) is 31.1 Å². The van der Waals surface area contributed by atoms with Crippen molar-refractivity contribution in [2.24, 2.45) is 5.92 Å². The topological polar surface area (TPSA) is 29.5 Å². The molecule has 1 aromatic carbocycles. The minimum atomic E-state index is 0.241. The van der Waals surface area contributed by atoms with Crippen molar-refractivity contribution in [1.82, 2.24) is 4.90 Å². The van der Waals surface area contributed by atoms with Gasteiger partial charge in [-0.1, -0.05) is 23.7 Å². The Morgan fingerprint density at radius 2 is 2.18 bits per heavy atom. The third-order valence-electron chi connectivity index (χ3n) is 4.61. The summed E-state index contributed by atoms with van der Waals surface area (Å²) >= 11 is 6.03. The van der Waals surface area contributed by atoms with Gasteiger partial charge in [-0.25, -0.2) is 0 Å². The van der Waals surface area contributed by atoms with Gasteiger partial charge in [0.25, 0.3) is 0 Å². The number of carbonyl (C=O) groups is 1. The summed E-state index contributed by atoms with van der Waals surface area (Å²) in [5, 5.41) is 0.783. The Hall–Kier alpha value is -1.06. The van der Waals surface area contributed by atoms with Crippen LogP contribution in [0.1, 0.15) is 36.8 Å². The number of ether oxygens (including phenoxy) is 1. The number of hydrogen-bond acceptors (Lipinski definition) is 2. The fourth-order valence-corrected chi connectivity index (χ4v) is 3.04. The Morgan fingerprint density at radius 1 is 1.36 bits per heavy atom. The Kier molecular flexibility index (Phi) is 5.04. The quantitative estimate of drug-likeness (QED) is 0.801. The van der Waals surface area contributed by atoms with Crippen LogP contribution in [0.5, 0.6) is 0 Å². The van der Waals surface area contributed by atoms with Crippen LogP contribution in [0.25, 0.3) is 0 Å². The lowest BCUT2D eigenvalue weighted by Crippen LogP contribution is -2.30. The number of nitrogens with zero attached hydrogens (tertiary/aromatic N) is 1. The van der Waals surface area contributed by atoms with Gasteiger partial charge in [-0.3, -0.25) is 4.79 Å². The number of carbonyl (C=O) groups excluding carboxylic acids is 1. The number of benzene rings is 1. The Morgan fingerprint density at radius 3 is 2.91 bits per heavy atom. The number of likely N-dealkylation sites (tertiary alicyclic amines) is 1. The zero-order valence-corrected chi connectivity index (χ0v) is 13.9. The van der Waals surface area contributed by atoms with Gasteiger partial charge in [0.15, 0.2) is 0 Å². The Balaban J connectivity index is 1.42. The zero-order chi connectivity index (χ0) is 15.5. The molecule has 0 radical (unpaired) electrons. The van der Waals surface area contributed by atoms with E-state index in [0.717, 1.165) is 49.0 Å². The molecular formula is C18H24ClNO2. The van der Waals surface area contributed by atoms with Crippen molar-refractivity contribution in [2.45, 2.75) is 45.1 Å². The predicted octanol–water partition coefficient (Wildman–Crippen LogP) is 3.61. The maximum atomic E-state index is 12.3. The highest BCUT2D eigenvalue weighted by atomic mass is 35.5. The summed E-state index contributed by atoms with van der Waals surface area (Å²) in [5.74, 6) is 1.03. The fraction of sp³-hybridized carbons (Fsp3) is 0.611. The van der Waals surface area contributed by atoms with E-state index in [2.05, 4.69) is 6.07 Å². The van der Waals surface area contributed by atoms with Crippen LogP contribution >= 0.6 is 11.6 Å². The molecule has 3 nitrogen and oxygen atoms in total. The summed E-state index contributed by atoms with van der Waals surface area (Å²) in [6.07, 6.45) is 5.21. The zero-order valence-electron chi connectivity index (χ0n) is 13.2. The van der Waals surface area contributed by atoms with Gasteiger partial charge >= 0.3 is 0 Å². The first-order valence-electron chi connectivity index (χ1n) is 8.26. The average molecular weight is 322 g/mol. The first kappa shape index (κ1) is 15.8. The van der Waals surface area contributed by atoms with Crippen LogP contribution in [0.15, 0.2) is 18.2 Å². The van der Waals surface area contributed by atoms with E-state index in [-0.39, 0.29) is 12.0 Å². The number of aryl methyl sites for hydroxylation is 2. The second kappa shape index (κ2) is 7.01. The minimum absolute atomic E-state index is 0.241. The molecule has 22 heavy (non-hydrogen) atoms. The van der Waals surface area contributed by atoms with E-state index in [1.54, 1.807) is 0 Å². The Labute approximate surface area is 137 Å². The molecule has 2 fully saturated rings. The molecule has 1 aliphatic heterocycles. The van der Waals surface area contributed by atoms with Crippen LogP contribution in [0, 0.1) is 12.8 Å². The van der Waals surface area contributed by atoms with E-state index in [9.17, 15) is 4.79 Å². The van der Waals surface area contributed by atoms with Crippen molar-refractivity contribution in [1.29, 1.82) is 0 Å². The van der Waals surface area contributed by atoms with E-state index >= 15 is 0 Å². The van der Waals surface area contributed by atoms with Gasteiger partial charge in [-0.15, -0.1) is 0 Å². The van der Waals surface area contributed by atoms with Crippen LogP contribution in [0.3, 0.4) is 0 Å². The minimum Gasteiger partial charge on any atom is -0.376 e. The summed E-state index contributed by atoms with van der Waals surface area (Å²) in [5.41, 5.74) is 2.25. The van der Waals surface area contributed by atoms with E-state index in [1.807, 2.05) is 24.0 Å². The third kappa shape index (κ3) is 4.23. The van der Waals surface area contributed by atoms with Crippen molar-refractivity contribution in [3.05, 3.63) is 34.3 Å². The van der Waals surface area contributed by atoms with Crippen LogP contribution in [-0.4, -0.2) is 36.6 Å². The monoisotopic (exact) mass is 321 g/mol. The third-order valence-corrected chi connectivity index (χ3v) is 5.04. The van der Waals surface area contributed by atoms with E-state index in [0.29, 0.717) is 6.42 Å². The van der Waals surface area contributed by atoms with E-state index < -0.39 is 0 Å². The summed E-state index contributed by atoms with van der Waals surface area (Å²) in [7, 11) is 0. The maximum absolute atomic E-state index is 12.3. The molecule has 0 bridgehead atoms. The molecular weight excluding hydrogens is 298 g/mol. The first-order chi connectivity index (χ1) is 10.6. The molecule has 2 aliphatic rings. The maximum Gasteiger partial charge on any atom is 0.222 e. The van der Waals surface area contributed by atoms with Crippen LogP contribution in [0.2, 0.25) is 5.02 Å². The molecule has 1 atom stereocenters. The van der Waals surface area contributed by atoms with Gasteiger partial charge in [0.1, 0.15) is 0 Å². The molecule has 4 heteroatoms. The summed E-state index contributed by atoms with van der Waals surface area (Å²) < 4.78 is 5.89.